The SMILES string of the molecule is O=C1COC(Br)=N1. The second-order valence-corrected chi connectivity index (χ2v) is 1.73. The summed E-state index contributed by atoms with van der Waals surface area (Å²) in [5.74, 6) is -0.230. The smallest absolute Gasteiger partial charge is 0.287 e. The van der Waals surface area contributed by atoms with Crippen molar-refractivity contribution in [1.82, 2.24) is 0 Å². The zero-order valence-corrected chi connectivity index (χ0v) is 4.93. The van der Waals surface area contributed by atoms with Gasteiger partial charge in [-0.25, -0.2) is 0 Å². The Bertz CT molecular complexity index is 131. The van der Waals surface area contributed by atoms with Gasteiger partial charge in [-0.2, -0.15) is 4.99 Å². The van der Waals surface area contributed by atoms with E-state index in [0.717, 1.165) is 0 Å². The van der Waals surface area contributed by atoms with Gasteiger partial charge in [0.05, 0.1) is 0 Å². The molecule has 7 heavy (non-hydrogen) atoms. The third-order valence-electron chi connectivity index (χ3n) is 0.527. The van der Waals surface area contributed by atoms with Crippen LogP contribution in [0.2, 0.25) is 0 Å². The van der Waals surface area contributed by atoms with Crippen molar-refractivity contribution in [2.24, 2.45) is 4.99 Å². The van der Waals surface area contributed by atoms with Gasteiger partial charge < -0.3 is 4.74 Å². The standard InChI is InChI=1S/C3H2BrNO2/c4-3-5-2(6)1-7-3/h1H2. The molecule has 0 bridgehead atoms. The summed E-state index contributed by atoms with van der Waals surface area (Å²) in [5, 5.41) is 0. The normalized spacial score (nSPS) is 19.0. The Labute approximate surface area is 48.5 Å². The van der Waals surface area contributed by atoms with E-state index in [0.29, 0.717) is 0 Å². The van der Waals surface area contributed by atoms with E-state index in [1.807, 2.05) is 0 Å². The van der Waals surface area contributed by atoms with Crippen LogP contribution in [0.1, 0.15) is 0 Å². The molecule has 0 spiro atoms. The van der Waals surface area contributed by atoms with E-state index in [4.69, 9.17) is 0 Å². The van der Waals surface area contributed by atoms with E-state index in [1.54, 1.807) is 0 Å². The van der Waals surface area contributed by atoms with Crippen LogP contribution in [0, 0.1) is 0 Å². The van der Waals surface area contributed by atoms with Gasteiger partial charge in [0.15, 0.2) is 6.61 Å². The van der Waals surface area contributed by atoms with Gasteiger partial charge in [-0.05, 0) is 0 Å². The quantitative estimate of drug-likeness (QED) is 0.516. The number of amides is 1. The van der Waals surface area contributed by atoms with E-state index in [9.17, 15) is 4.79 Å². The Balaban J connectivity index is 2.67. The first kappa shape index (κ1) is 4.77. The molecule has 0 aromatic rings. The largest absolute Gasteiger partial charge is 0.462 e. The topological polar surface area (TPSA) is 38.7 Å². The average molecular weight is 164 g/mol. The fraction of sp³-hybridized carbons (Fsp3) is 0.333. The predicted molar refractivity (Wildman–Crippen MR) is 27.3 cm³/mol. The number of carbonyl (C=O) groups excluding carboxylic acids is 1. The number of ether oxygens (including phenoxy) is 1. The Morgan fingerprint density at radius 1 is 1.86 bits per heavy atom. The number of aliphatic imine (C=N–C) groups is 1. The van der Waals surface area contributed by atoms with Crippen LogP contribution in [-0.4, -0.2) is 17.3 Å². The minimum absolute atomic E-state index is 0.0839. The number of hydrogen-bond acceptors (Lipinski definition) is 2. The first-order valence-corrected chi connectivity index (χ1v) is 2.48. The summed E-state index contributed by atoms with van der Waals surface area (Å²) < 4.78 is 4.58. The van der Waals surface area contributed by atoms with Crippen molar-refractivity contribution in [2.75, 3.05) is 6.61 Å². The summed E-state index contributed by atoms with van der Waals surface area (Å²) in [7, 11) is 0. The molecule has 0 radical (unpaired) electrons. The van der Waals surface area contributed by atoms with Crippen LogP contribution in [0.25, 0.3) is 0 Å². The lowest BCUT2D eigenvalue weighted by Crippen LogP contribution is -1.93. The predicted octanol–water partition coefficient (Wildman–Crippen LogP) is 0.294. The summed E-state index contributed by atoms with van der Waals surface area (Å²) in [6.45, 7) is 0.0839. The molecule has 0 fully saturated rings. The van der Waals surface area contributed by atoms with Crippen LogP contribution in [-0.2, 0) is 9.53 Å². The summed E-state index contributed by atoms with van der Waals surface area (Å²) in [6.07, 6.45) is 0. The third-order valence-corrected chi connectivity index (χ3v) is 0.934. The number of hydrogen-bond donors (Lipinski definition) is 0. The summed E-state index contributed by atoms with van der Waals surface area (Å²) in [5.41, 5.74) is 0. The molecule has 0 atom stereocenters. The summed E-state index contributed by atoms with van der Waals surface area (Å²) >= 11 is 2.89. The zero-order chi connectivity index (χ0) is 5.28. The Kier molecular flexibility index (Phi) is 1.10. The number of rotatable bonds is 0. The molecule has 38 valence electrons. The Morgan fingerprint density at radius 3 is 2.71 bits per heavy atom. The lowest BCUT2D eigenvalue weighted by molar-refractivity contribution is -0.118. The molecule has 0 aromatic heterocycles. The van der Waals surface area contributed by atoms with Gasteiger partial charge in [0, 0.05) is 15.9 Å². The van der Waals surface area contributed by atoms with Crippen molar-refractivity contribution >= 4 is 26.6 Å². The van der Waals surface area contributed by atoms with Crippen molar-refractivity contribution in [3.63, 3.8) is 0 Å². The second-order valence-electron chi connectivity index (χ2n) is 1.05. The fourth-order valence-corrected chi connectivity index (χ4v) is 0.596. The van der Waals surface area contributed by atoms with Crippen LogP contribution in [0.5, 0.6) is 0 Å². The van der Waals surface area contributed by atoms with Gasteiger partial charge in [0.2, 0.25) is 0 Å². The molecule has 1 heterocycles. The molecule has 1 rings (SSSR count). The van der Waals surface area contributed by atoms with Crippen molar-refractivity contribution in [2.45, 2.75) is 0 Å². The fourth-order valence-electron chi connectivity index (χ4n) is 0.284. The molecule has 0 aliphatic carbocycles. The maximum absolute atomic E-state index is 10.1. The van der Waals surface area contributed by atoms with Crippen molar-refractivity contribution in [3.05, 3.63) is 0 Å². The van der Waals surface area contributed by atoms with Gasteiger partial charge in [-0.15, -0.1) is 0 Å². The molecule has 0 aromatic carbocycles. The van der Waals surface area contributed by atoms with Gasteiger partial charge in [0.1, 0.15) is 0 Å². The number of carbonyl (C=O) groups is 1. The monoisotopic (exact) mass is 163 g/mol. The molecule has 0 N–H and O–H groups in total. The highest BCUT2D eigenvalue weighted by Crippen LogP contribution is 2.00. The van der Waals surface area contributed by atoms with Crippen LogP contribution in [0.4, 0.5) is 0 Å². The van der Waals surface area contributed by atoms with E-state index < -0.39 is 0 Å². The molecule has 0 saturated carbocycles. The molecule has 0 unspecified atom stereocenters. The van der Waals surface area contributed by atoms with Crippen LogP contribution < -0.4 is 0 Å². The van der Waals surface area contributed by atoms with Gasteiger partial charge in [-0.3, -0.25) is 4.79 Å². The van der Waals surface area contributed by atoms with E-state index in [1.165, 1.54) is 0 Å². The summed E-state index contributed by atoms with van der Waals surface area (Å²) in [4.78, 5) is 13.8. The Morgan fingerprint density at radius 2 is 2.57 bits per heavy atom. The van der Waals surface area contributed by atoms with Gasteiger partial charge in [-0.1, -0.05) is 0 Å². The second kappa shape index (κ2) is 1.61. The lowest BCUT2D eigenvalue weighted by atomic mass is 10.7. The minimum atomic E-state index is -0.230. The van der Waals surface area contributed by atoms with E-state index in [2.05, 4.69) is 25.7 Å². The maximum Gasteiger partial charge on any atom is 0.287 e. The van der Waals surface area contributed by atoms with E-state index >= 15 is 0 Å². The van der Waals surface area contributed by atoms with Crippen LogP contribution >= 0.6 is 15.9 Å². The van der Waals surface area contributed by atoms with Crippen molar-refractivity contribution < 1.29 is 9.53 Å². The maximum atomic E-state index is 10.1. The Hall–Kier alpha value is -0.380. The molecular weight excluding hydrogens is 162 g/mol. The first-order valence-electron chi connectivity index (χ1n) is 1.69. The van der Waals surface area contributed by atoms with Crippen molar-refractivity contribution in [3.8, 4) is 0 Å². The molecular formula is C3H2BrNO2. The first-order chi connectivity index (χ1) is 3.29. The van der Waals surface area contributed by atoms with Crippen molar-refractivity contribution in [1.29, 1.82) is 0 Å². The summed E-state index contributed by atoms with van der Waals surface area (Å²) in [6, 6.07) is 0. The third kappa shape index (κ3) is 0.991. The molecule has 0 saturated heterocycles. The van der Waals surface area contributed by atoms with E-state index in [-0.39, 0.29) is 17.3 Å². The highest BCUT2D eigenvalue weighted by Gasteiger charge is 2.10. The zero-order valence-electron chi connectivity index (χ0n) is 3.35. The average Bonchev–Trinajstić information content (AvgIpc) is 1.87. The van der Waals surface area contributed by atoms with Gasteiger partial charge >= 0.3 is 0 Å². The van der Waals surface area contributed by atoms with Crippen LogP contribution in [0.15, 0.2) is 4.99 Å². The number of nitrogens with zero attached hydrogens (tertiary/aromatic N) is 1. The molecule has 1 amide bonds. The van der Waals surface area contributed by atoms with Gasteiger partial charge in [0.25, 0.3) is 10.7 Å². The highest BCUT2D eigenvalue weighted by molar-refractivity contribution is 9.18. The molecule has 1 aliphatic rings. The lowest BCUT2D eigenvalue weighted by Gasteiger charge is -1.82. The van der Waals surface area contributed by atoms with Crippen LogP contribution in [0.3, 0.4) is 0 Å². The number of halogens is 1. The molecule has 1 aliphatic heterocycles. The molecule has 3 nitrogen and oxygen atoms in total. The molecule has 4 heteroatoms. The minimum Gasteiger partial charge on any atom is -0.462 e. The highest BCUT2D eigenvalue weighted by atomic mass is 79.9.